The topological polar surface area (TPSA) is 74.0 Å². The smallest absolute Gasteiger partial charge is 0.331 e. The summed E-state index contributed by atoms with van der Waals surface area (Å²) in [5, 5.41) is 19.2. The number of pyridine rings is 1. The maximum Gasteiger partial charge on any atom is 0.331 e. The molecule has 0 aromatic carbocycles. The molecule has 0 spiro atoms. The third-order valence-corrected chi connectivity index (χ3v) is 3.48. The lowest BCUT2D eigenvalue weighted by Crippen LogP contribution is -1.94. The standard InChI is InChI=1S/C14H9FN2O2S/c1-8(14(18)19)2-11-3-10(7-20-11)9-4-12(15)13(5-16)17-6-9/h2-4,6-7H,1H3,(H,18,19)/b8-2+. The lowest BCUT2D eigenvalue weighted by Gasteiger charge is -1.98. The van der Waals surface area contributed by atoms with Crippen LogP contribution in [0.2, 0.25) is 0 Å². The third kappa shape index (κ3) is 2.90. The summed E-state index contributed by atoms with van der Waals surface area (Å²) in [4.78, 5) is 15.2. The van der Waals surface area contributed by atoms with Crippen molar-refractivity contribution in [1.29, 1.82) is 5.26 Å². The van der Waals surface area contributed by atoms with E-state index in [-0.39, 0.29) is 11.3 Å². The Morgan fingerprint density at radius 1 is 1.50 bits per heavy atom. The summed E-state index contributed by atoms with van der Waals surface area (Å²) in [5.74, 6) is -1.65. The summed E-state index contributed by atoms with van der Waals surface area (Å²) in [7, 11) is 0. The van der Waals surface area contributed by atoms with E-state index in [1.165, 1.54) is 30.5 Å². The van der Waals surface area contributed by atoms with Crippen LogP contribution in [-0.4, -0.2) is 16.1 Å². The van der Waals surface area contributed by atoms with Crippen LogP contribution in [0.4, 0.5) is 4.39 Å². The fourth-order valence-corrected chi connectivity index (χ4v) is 2.44. The van der Waals surface area contributed by atoms with E-state index in [4.69, 9.17) is 10.4 Å². The molecule has 2 aromatic heterocycles. The lowest BCUT2D eigenvalue weighted by atomic mass is 10.1. The van der Waals surface area contributed by atoms with Gasteiger partial charge in [0.25, 0.3) is 0 Å². The summed E-state index contributed by atoms with van der Waals surface area (Å²) >= 11 is 1.35. The van der Waals surface area contributed by atoms with Gasteiger partial charge in [-0.15, -0.1) is 11.3 Å². The van der Waals surface area contributed by atoms with E-state index in [2.05, 4.69) is 4.98 Å². The van der Waals surface area contributed by atoms with Crippen molar-refractivity contribution in [2.24, 2.45) is 0 Å². The molecule has 0 saturated heterocycles. The highest BCUT2D eigenvalue weighted by molar-refractivity contribution is 7.11. The molecule has 2 rings (SSSR count). The van der Waals surface area contributed by atoms with Gasteiger partial charge in [0.05, 0.1) is 0 Å². The number of aromatic nitrogens is 1. The van der Waals surface area contributed by atoms with Crippen molar-refractivity contribution in [3.8, 4) is 17.2 Å². The second kappa shape index (κ2) is 5.63. The van der Waals surface area contributed by atoms with Crippen LogP contribution in [0.3, 0.4) is 0 Å². The number of nitrogens with zero attached hydrogens (tertiary/aromatic N) is 2. The predicted molar refractivity (Wildman–Crippen MR) is 73.5 cm³/mol. The number of thiophene rings is 1. The number of aliphatic carboxylic acids is 1. The van der Waals surface area contributed by atoms with Gasteiger partial charge in [-0.2, -0.15) is 5.26 Å². The fraction of sp³-hybridized carbons (Fsp3) is 0.0714. The van der Waals surface area contributed by atoms with E-state index < -0.39 is 11.8 Å². The molecule has 0 aliphatic carbocycles. The molecule has 0 radical (unpaired) electrons. The van der Waals surface area contributed by atoms with Gasteiger partial charge in [0.15, 0.2) is 11.5 Å². The Morgan fingerprint density at radius 3 is 2.85 bits per heavy atom. The molecular weight excluding hydrogens is 279 g/mol. The zero-order valence-corrected chi connectivity index (χ0v) is 11.2. The average molecular weight is 288 g/mol. The molecule has 20 heavy (non-hydrogen) atoms. The minimum Gasteiger partial charge on any atom is -0.478 e. The highest BCUT2D eigenvalue weighted by Gasteiger charge is 2.08. The van der Waals surface area contributed by atoms with Crippen molar-refractivity contribution < 1.29 is 14.3 Å². The number of carbonyl (C=O) groups is 1. The van der Waals surface area contributed by atoms with Crippen molar-refractivity contribution in [3.63, 3.8) is 0 Å². The number of hydrogen-bond acceptors (Lipinski definition) is 4. The maximum atomic E-state index is 13.5. The second-order valence-corrected chi connectivity index (χ2v) is 4.98. The molecule has 2 heterocycles. The quantitative estimate of drug-likeness (QED) is 0.879. The first-order valence-corrected chi connectivity index (χ1v) is 6.45. The third-order valence-electron chi connectivity index (χ3n) is 2.60. The van der Waals surface area contributed by atoms with Gasteiger partial charge >= 0.3 is 5.97 Å². The zero-order valence-electron chi connectivity index (χ0n) is 10.4. The zero-order chi connectivity index (χ0) is 14.7. The van der Waals surface area contributed by atoms with Crippen molar-refractivity contribution in [3.05, 3.63) is 45.7 Å². The van der Waals surface area contributed by atoms with E-state index >= 15 is 0 Å². The van der Waals surface area contributed by atoms with Gasteiger partial charge in [-0.25, -0.2) is 14.2 Å². The van der Waals surface area contributed by atoms with Crippen molar-refractivity contribution in [2.75, 3.05) is 0 Å². The monoisotopic (exact) mass is 288 g/mol. The molecule has 0 saturated carbocycles. The molecule has 1 N–H and O–H groups in total. The Hall–Kier alpha value is -2.52. The van der Waals surface area contributed by atoms with E-state index in [0.717, 1.165) is 10.4 Å². The van der Waals surface area contributed by atoms with Crippen LogP contribution in [0.15, 0.2) is 29.3 Å². The lowest BCUT2D eigenvalue weighted by molar-refractivity contribution is -0.132. The summed E-state index contributed by atoms with van der Waals surface area (Å²) in [6, 6.07) is 4.65. The van der Waals surface area contributed by atoms with E-state index in [0.29, 0.717) is 5.56 Å². The highest BCUT2D eigenvalue weighted by Crippen LogP contribution is 2.27. The van der Waals surface area contributed by atoms with E-state index in [1.807, 2.05) is 0 Å². The highest BCUT2D eigenvalue weighted by atomic mass is 32.1. The van der Waals surface area contributed by atoms with Crippen LogP contribution in [0, 0.1) is 17.1 Å². The van der Waals surface area contributed by atoms with Crippen molar-refractivity contribution in [1.82, 2.24) is 4.98 Å². The van der Waals surface area contributed by atoms with Crippen molar-refractivity contribution >= 4 is 23.4 Å². The second-order valence-electron chi connectivity index (χ2n) is 4.04. The molecule has 0 atom stereocenters. The molecule has 0 aliphatic rings. The Balaban J connectivity index is 2.34. The van der Waals surface area contributed by atoms with Gasteiger partial charge in [0.2, 0.25) is 0 Å². The Bertz CT molecular complexity index is 744. The number of nitriles is 1. The normalized spacial score (nSPS) is 11.2. The van der Waals surface area contributed by atoms with Gasteiger partial charge in [0, 0.05) is 22.2 Å². The predicted octanol–water partition coefficient (Wildman–Crippen LogP) is 3.31. The van der Waals surface area contributed by atoms with Crippen LogP contribution >= 0.6 is 11.3 Å². The molecule has 4 nitrogen and oxygen atoms in total. The summed E-state index contributed by atoms with van der Waals surface area (Å²) in [6.45, 7) is 1.50. The number of carboxylic acids is 1. The maximum absolute atomic E-state index is 13.5. The van der Waals surface area contributed by atoms with Gasteiger partial charge in [-0.05, 0) is 36.1 Å². The molecule has 6 heteroatoms. The molecule has 0 bridgehead atoms. The Kier molecular flexibility index (Phi) is 3.91. The van der Waals surface area contributed by atoms with Crippen molar-refractivity contribution in [2.45, 2.75) is 6.92 Å². The number of carboxylic acid groups (broad SMARTS) is 1. The molecule has 0 unspecified atom stereocenters. The summed E-state index contributed by atoms with van der Waals surface area (Å²) in [6.07, 6.45) is 2.96. The van der Waals surface area contributed by atoms with Crippen LogP contribution in [0.1, 0.15) is 17.5 Å². The minimum atomic E-state index is -0.981. The first kappa shape index (κ1) is 13.9. The van der Waals surface area contributed by atoms with E-state index in [1.54, 1.807) is 23.6 Å². The van der Waals surface area contributed by atoms with Crippen LogP contribution in [0.25, 0.3) is 17.2 Å². The first-order chi connectivity index (χ1) is 9.51. The Labute approximate surface area is 118 Å². The summed E-state index contributed by atoms with van der Waals surface area (Å²) < 4.78 is 13.5. The SMILES string of the molecule is C/C(=C\c1cc(-c2cnc(C#N)c(F)c2)cs1)C(=O)O. The number of rotatable bonds is 3. The van der Waals surface area contributed by atoms with Gasteiger partial charge in [-0.3, -0.25) is 0 Å². The van der Waals surface area contributed by atoms with Gasteiger partial charge in [0.1, 0.15) is 6.07 Å². The molecule has 0 amide bonds. The number of hydrogen-bond donors (Lipinski definition) is 1. The van der Waals surface area contributed by atoms with E-state index in [9.17, 15) is 9.18 Å². The molecular formula is C14H9FN2O2S. The van der Waals surface area contributed by atoms with Crippen LogP contribution < -0.4 is 0 Å². The van der Waals surface area contributed by atoms with Gasteiger partial charge < -0.3 is 5.11 Å². The average Bonchev–Trinajstić information content (AvgIpc) is 2.87. The van der Waals surface area contributed by atoms with Gasteiger partial charge in [-0.1, -0.05) is 0 Å². The molecule has 100 valence electrons. The Morgan fingerprint density at radius 2 is 2.25 bits per heavy atom. The summed E-state index contributed by atoms with van der Waals surface area (Å²) in [5.41, 5.74) is 1.26. The largest absolute Gasteiger partial charge is 0.478 e. The van der Waals surface area contributed by atoms with Crippen LogP contribution in [0.5, 0.6) is 0 Å². The molecule has 0 fully saturated rings. The van der Waals surface area contributed by atoms with Crippen LogP contribution in [-0.2, 0) is 4.79 Å². The fourth-order valence-electron chi connectivity index (χ4n) is 1.53. The minimum absolute atomic E-state index is 0.225. The molecule has 2 aromatic rings. The first-order valence-electron chi connectivity index (χ1n) is 5.57. The number of halogens is 1. The molecule has 0 aliphatic heterocycles.